The fraction of sp³-hybridized carbons (Fsp3) is 0.462. The predicted molar refractivity (Wildman–Crippen MR) is 147 cm³/mol. The molecule has 0 aromatic heterocycles. The van der Waals surface area contributed by atoms with Gasteiger partial charge in [-0.3, -0.25) is 13.9 Å². The topological polar surface area (TPSA) is 86.8 Å². The molecule has 0 aliphatic carbocycles. The zero-order valence-electron chi connectivity index (χ0n) is 22.1. The van der Waals surface area contributed by atoms with Crippen molar-refractivity contribution in [2.24, 2.45) is 5.92 Å². The number of rotatable bonds is 12. The van der Waals surface area contributed by atoms with Crippen LogP contribution >= 0.6 is 23.2 Å². The third-order valence-corrected chi connectivity index (χ3v) is 7.76. The van der Waals surface area contributed by atoms with Crippen LogP contribution in [0, 0.1) is 5.92 Å². The van der Waals surface area contributed by atoms with Gasteiger partial charge in [0.15, 0.2) is 0 Å². The Kier molecular flexibility index (Phi) is 11.5. The number of hydrogen-bond acceptors (Lipinski definition) is 4. The van der Waals surface area contributed by atoms with Crippen LogP contribution in [0.3, 0.4) is 0 Å². The summed E-state index contributed by atoms with van der Waals surface area (Å²) in [7, 11) is -3.96. The predicted octanol–water partition coefficient (Wildman–Crippen LogP) is 5.75. The highest BCUT2D eigenvalue weighted by molar-refractivity contribution is 7.92. The number of carbonyl (C=O) groups excluding carboxylic acids is 2. The minimum absolute atomic E-state index is 0.0186. The summed E-state index contributed by atoms with van der Waals surface area (Å²) in [5.74, 6) is -0.682. The third-order valence-electron chi connectivity index (χ3n) is 5.86. The van der Waals surface area contributed by atoms with Crippen LogP contribution in [0.15, 0.2) is 42.5 Å². The third kappa shape index (κ3) is 9.58. The van der Waals surface area contributed by atoms with Crippen LogP contribution in [0.1, 0.15) is 44.7 Å². The van der Waals surface area contributed by atoms with Crippen molar-refractivity contribution in [2.45, 2.75) is 52.4 Å². The number of carbonyl (C=O) groups is 2. The van der Waals surface area contributed by atoms with Crippen molar-refractivity contribution in [1.29, 1.82) is 0 Å². The van der Waals surface area contributed by atoms with E-state index >= 15 is 0 Å². The van der Waals surface area contributed by atoms with Crippen molar-refractivity contribution >= 4 is 50.7 Å². The monoisotopic (exact) mass is 609 g/mol. The molecule has 0 saturated heterocycles. The summed E-state index contributed by atoms with van der Waals surface area (Å²) in [4.78, 5) is 27.5. The second kappa shape index (κ2) is 13.7. The largest absolute Gasteiger partial charge is 0.416 e. The highest BCUT2D eigenvalue weighted by Gasteiger charge is 2.32. The van der Waals surface area contributed by atoms with Gasteiger partial charge >= 0.3 is 6.18 Å². The van der Waals surface area contributed by atoms with Crippen molar-refractivity contribution in [3.05, 3.63) is 63.6 Å². The number of nitrogens with one attached hydrogen (secondary N) is 1. The Bertz CT molecular complexity index is 1250. The molecule has 1 N–H and O–H groups in total. The highest BCUT2D eigenvalue weighted by atomic mass is 35.5. The molecule has 13 heteroatoms. The maximum Gasteiger partial charge on any atom is 0.416 e. The zero-order chi connectivity index (χ0) is 29.5. The fourth-order valence-corrected chi connectivity index (χ4v) is 5.20. The Morgan fingerprint density at radius 3 is 2.15 bits per heavy atom. The van der Waals surface area contributed by atoms with Crippen LogP contribution in [0.2, 0.25) is 10.0 Å². The Hall–Kier alpha value is -2.50. The van der Waals surface area contributed by atoms with Crippen molar-refractivity contribution < 1.29 is 31.2 Å². The van der Waals surface area contributed by atoms with Crippen LogP contribution in [0.4, 0.5) is 18.9 Å². The lowest BCUT2D eigenvalue weighted by Gasteiger charge is -2.30. The minimum Gasteiger partial charge on any atom is -0.354 e. The van der Waals surface area contributed by atoms with Crippen LogP contribution in [0.25, 0.3) is 0 Å². The van der Waals surface area contributed by atoms with Gasteiger partial charge in [0, 0.05) is 41.7 Å². The van der Waals surface area contributed by atoms with E-state index in [1.807, 2.05) is 13.8 Å². The Morgan fingerprint density at radius 1 is 1.03 bits per heavy atom. The van der Waals surface area contributed by atoms with Gasteiger partial charge in [0.1, 0.15) is 6.04 Å². The molecular formula is C26H32Cl2F3N3O4S. The molecule has 216 valence electrons. The van der Waals surface area contributed by atoms with E-state index in [1.54, 1.807) is 25.1 Å². The molecular weight excluding hydrogens is 578 g/mol. The SMILES string of the molecule is CC(C)CNC(=O)[C@@H](C)N(Cc1c(Cl)cccc1Cl)C(=O)CCCN(c1cccc(C(F)(F)F)c1)S(C)(=O)=O. The second-order valence-corrected chi connectivity index (χ2v) is 12.2. The molecule has 2 amide bonds. The number of benzene rings is 2. The molecule has 0 radical (unpaired) electrons. The van der Waals surface area contributed by atoms with Crippen molar-refractivity contribution in [3.8, 4) is 0 Å². The Balaban J connectivity index is 2.26. The lowest BCUT2D eigenvalue weighted by atomic mass is 10.1. The normalized spacial score (nSPS) is 12.8. The van der Waals surface area contributed by atoms with Gasteiger partial charge in [-0.2, -0.15) is 13.2 Å². The molecule has 1 atom stereocenters. The maximum atomic E-state index is 13.4. The summed E-state index contributed by atoms with van der Waals surface area (Å²) in [6, 6.07) is 7.92. The van der Waals surface area contributed by atoms with E-state index in [1.165, 1.54) is 11.0 Å². The van der Waals surface area contributed by atoms with Gasteiger partial charge in [-0.1, -0.05) is 49.2 Å². The van der Waals surface area contributed by atoms with E-state index in [2.05, 4.69) is 5.32 Å². The van der Waals surface area contributed by atoms with Crippen LogP contribution in [0.5, 0.6) is 0 Å². The molecule has 0 unspecified atom stereocenters. The average molecular weight is 611 g/mol. The van der Waals surface area contributed by atoms with Crippen LogP contribution < -0.4 is 9.62 Å². The van der Waals surface area contributed by atoms with E-state index in [-0.39, 0.29) is 43.4 Å². The summed E-state index contributed by atoms with van der Waals surface area (Å²) in [5.41, 5.74) is -0.714. The first kappa shape index (κ1) is 32.7. The maximum absolute atomic E-state index is 13.4. The van der Waals surface area contributed by atoms with E-state index in [4.69, 9.17) is 23.2 Å². The average Bonchev–Trinajstić information content (AvgIpc) is 2.83. The number of amides is 2. The summed E-state index contributed by atoms with van der Waals surface area (Å²) in [6.45, 7) is 5.49. The molecule has 0 spiro atoms. The molecule has 2 aromatic carbocycles. The van der Waals surface area contributed by atoms with E-state index in [0.717, 1.165) is 28.8 Å². The lowest BCUT2D eigenvalue weighted by molar-refractivity contribution is -0.140. The second-order valence-electron chi connectivity index (χ2n) is 9.52. The van der Waals surface area contributed by atoms with Crippen LogP contribution in [-0.4, -0.2) is 50.5 Å². The fourth-order valence-electron chi connectivity index (χ4n) is 3.73. The van der Waals surface area contributed by atoms with Crippen molar-refractivity contribution in [1.82, 2.24) is 10.2 Å². The van der Waals surface area contributed by atoms with Crippen molar-refractivity contribution in [2.75, 3.05) is 23.7 Å². The van der Waals surface area contributed by atoms with Gasteiger partial charge in [-0.15, -0.1) is 0 Å². The van der Waals surface area contributed by atoms with E-state index in [0.29, 0.717) is 22.2 Å². The summed E-state index contributed by atoms with van der Waals surface area (Å²) >= 11 is 12.6. The Labute approximate surface area is 237 Å². The quantitative estimate of drug-likeness (QED) is 0.332. The zero-order valence-corrected chi connectivity index (χ0v) is 24.4. The van der Waals surface area contributed by atoms with Gasteiger partial charge in [-0.05, 0) is 49.6 Å². The number of sulfonamides is 1. The van der Waals surface area contributed by atoms with E-state index in [9.17, 15) is 31.2 Å². The first-order chi connectivity index (χ1) is 18.0. The van der Waals surface area contributed by atoms with Crippen molar-refractivity contribution in [3.63, 3.8) is 0 Å². The van der Waals surface area contributed by atoms with Gasteiger partial charge < -0.3 is 10.2 Å². The van der Waals surface area contributed by atoms with Crippen LogP contribution in [-0.2, 0) is 32.3 Å². The minimum atomic E-state index is -4.65. The number of hydrogen-bond donors (Lipinski definition) is 1. The lowest BCUT2D eigenvalue weighted by Crippen LogP contribution is -2.48. The molecule has 0 saturated carbocycles. The molecule has 0 aliphatic rings. The van der Waals surface area contributed by atoms with Gasteiger partial charge in [0.05, 0.1) is 17.5 Å². The molecule has 2 rings (SSSR count). The molecule has 0 heterocycles. The van der Waals surface area contributed by atoms with Gasteiger partial charge in [0.25, 0.3) is 0 Å². The molecule has 0 fully saturated rings. The standard InChI is InChI=1S/C26H32Cl2F3N3O4S/c1-17(2)15-32-25(36)18(3)33(16-21-22(27)10-6-11-23(21)28)24(35)12-7-13-34(39(4,37)38)20-9-5-8-19(14-20)26(29,30)31/h5-6,8-11,14,17-18H,7,12-13,15-16H2,1-4H3,(H,32,36)/t18-/m1/s1. The molecule has 0 bridgehead atoms. The first-order valence-corrected chi connectivity index (χ1v) is 14.8. The number of nitrogens with zero attached hydrogens (tertiary/aromatic N) is 2. The smallest absolute Gasteiger partial charge is 0.354 e. The highest BCUT2D eigenvalue weighted by Crippen LogP contribution is 2.32. The van der Waals surface area contributed by atoms with Gasteiger partial charge in [-0.25, -0.2) is 8.42 Å². The summed E-state index contributed by atoms with van der Waals surface area (Å²) in [6.07, 6.45) is -3.98. The van der Waals surface area contributed by atoms with E-state index < -0.39 is 33.7 Å². The molecule has 0 aliphatic heterocycles. The summed E-state index contributed by atoms with van der Waals surface area (Å²) in [5, 5.41) is 3.40. The number of anilines is 1. The summed E-state index contributed by atoms with van der Waals surface area (Å²) < 4.78 is 65.2. The van der Waals surface area contributed by atoms with Gasteiger partial charge in [0.2, 0.25) is 21.8 Å². The number of alkyl halides is 3. The molecule has 7 nitrogen and oxygen atoms in total. The number of halogens is 5. The molecule has 2 aromatic rings. The Morgan fingerprint density at radius 2 is 1.62 bits per heavy atom. The first-order valence-electron chi connectivity index (χ1n) is 12.2. The molecule has 39 heavy (non-hydrogen) atoms.